The average Bonchev–Trinajstić information content (AvgIpc) is 2.52. The topological polar surface area (TPSA) is 84.4 Å². The molecule has 1 atom stereocenters. The fraction of sp³-hybridized carbons (Fsp3) is 0.769. The Bertz CT molecular complexity index is 414. The van der Waals surface area contributed by atoms with Crippen LogP contribution in [-0.4, -0.2) is 68.6 Å². The van der Waals surface area contributed by atoms with Gasteiger partial charge in [-0.2, -0.15) is 15.0 Å². The van der Waals surface area contributed by atoms with Crippen molar-refractivity contribution in [1.29, 1.82) is 0 Å². The maximum absolute atomic E-state index is 5.30. The van der Waals surface area contributed by atoms with Crippen molar-refractivity contribution in [3.05, 3.63) is 0 Å². The first-order chi connectivity index (χ1) is 10.2. The van der Waals surface area contributed by atoms with Gasteiger partial charge >= 0.3 is 0 Å². The summed E-state index contributed by atoms with van der Waals surface area (Å²) >= 11 is 0. The number of hydrogen-bond acceptors (Lipinski definition) is 8. The van der Waals surface area contributed by atoms with E-state index in [-0.39, 0.29) is 6.10 Å². The molecule has 0 bridgehead atoms. The second kappa shape index (κ2) is 9.30. The Labute approximate surface area is 126 Å². The molecule has 0 saturated heterocycles. The zero-order valence-electron chi connectivity index (χ0n) is 13.5. The molecule has 1 rings (SSSR count). The molecule has 8 nitrogen and oxygen atoms in total. The summed E-state index contributed by atoms with van der Waals surface area (Å²) in [6.45, 7) is 6.89. The number of methoxy groups -OCH3 is 2. The second-order valence-electron chi connectivity index (χ2n) is 4.40. The maximum Gasteiger partial charge on any atom is 0.231 e. The van der Waals surface area contributed by atoms with E-state index in [1.807, 2.05) is 0 Å². The van der Waals surface area contributed by atoms with E-state index in [4.69, 9.17) is 9.47 Å². The zero-order valence-corrected chi connectivity index (χ0v) is 13.5. The lowest BCUT2D eigenvalue weighted by molar-refractivity contribution is 0.0365. The quantitative estimate of drug-likeness (QED) is 0.657. The van der Waals surface area contributed by atoms with Crippen molar-refractivity contribution in [1.82, 2.24) is 15.0 Å². The summed E-state index contributed by atoms with van der Waals surface area (Å²) in [5, 5.41) is 6.12. The number of anilines is 3. The number of nitrogens with zero attached hydrogens (tertiary/aromatic N) is 4. The Morgan fingerprint density at radius 3 is 2.29 bits per heavy atom. The largest absolute Gasteiger partial charge is 0.382 e. The molecular weight excluding hydrogens is 272 g/mol. The predicted octanol–water partition coefficient (Wildman–Crippen LogP) is 0.833. The Hall–Kier alpha value is -1.67. The van der Waals surface area contributed by atoms with Gasteiger partial charge in [-0.15, -0.1) is 0 Å². The van der Waals surface area contributed by atoms with Crippen LogP contribution in [0.1, 0.15) is 13.8 Å². The van der Waals surface area contributed by atoms with Crippen LogP contribution in [-0.2, 0) is 9.47 Å². The van der Waals surface area contributed by atoms with E-state index in [2.05, 4.69) is 44.3 Å². The smallest absolute Gasteiger partial charge is 0.231 e. The van der Waals surface area contributed by atoms with Crippen molar-refractivity contribution < 1.29 is 9.47 Å². The van der Waals surface area contributed by atoms with Crippen LogP contribution in [0.5, 0.6) is 0 Å². The van der Waals surface area contributed by atoms with Gasteiger partial charge in [-0.05, 0) is 13.8 Å². The molecule has 0 amide bonds. The average molecular weight is 298 g/mol. The molecular formula is C13H26N6O2. The van der Waals surface area contributed by atoms with Crippen LogP contribution in [0.15, 0.2) is 0 Å². The van der Waals surface area contributed by atoms with Crippen LogP contribution in [0.25, 0.3) is 0 Å². The Balaban J connectivity index is 2.83. The van der Waals surface area contributed by atoms with E-state index in [9.17, 15) is 0 Å². The second-order valence-corrected chi connectivity index (χ2v) is 4.40. The standard InChI is InChI=1S/C13H26N6O2/c1-6-19(7-2)13-17-11(14-3)16-12(18-13)15-8-10(21-5)9-20-4/h10H,6-9H2,1-5H3,(H2,14,15,16,17,18). The fourth-order valence-electron chi connectivity index (χ4n) is 1.80. The summed E-state index contributed by atoms with van der Waals surface area (Å²) < 4.78 is 10.4. The molecule has 1 aromatic heterocycles. The molecule has 0 spiro atoms. The van der Waals surface area contributed by atoms with Crippen LogP contribution in [0.2, 0.25) is 0 Å². The minimum absolute atomic E-state index is 0.0540. The van der Waals surface area contributed by atoms with E-state index in [0.717, 1.165) is 13.1 Å². The molecule has 8 heteroatoms. The lowest BCUT2D eigenvalue weighted by atomic mass is 10.4. The van der Waals surface area contributed by atoms with Gasteiger partial charge in [0.2, 0.25) is 17.8 Å². The summed E-state index contributed by atoms with van der Waals surface area (Å²) in [6.07, 6.45) is -0.0540. The van der Waals surface area contributed by atoms with Gasteiger partial charge in [-0.3, -0.25) is 0 Å². The van der Waals surface area contributed by atoms with Crippen molar-refractivity contribution in [2.45, 2.75) is 20.0 Å². The molecule has 0 aliphatic heterocycles. The molecule has 21 heavy (non-hydrogen) atoms. The van der Waals surface area contributed by atoms with E-state index >= 15 is 0 Å². The van der Waals surface area contributed by atoms with Gasteiger partial charge in [0.15, 0.2) is 0 Å². The van der Waals surface area contributed by atoms with Crippen LogP contribution in [0.4, 0.5) is 17.8 Å². The molecule has 2 N–H and O–H groups in total. The van der Waals surface area contributed by atoms with Crippen LogP contribution in [0.3, 0.4) is 0 Å². The molecule has 1 aromatic rings. The van der Waals surface area contributed by atoms with Gasteiger partial charge in [0.05, 0.1) is 12.7 Å². The first-order valence-electron chi connectivity index (χ1n) is 7.12. The molecule has 0 saturated carbocycles. The fourth-order valence-corrected chi connectivity index (χ4v) is 1.80. The van der Waals surface area contributed by atoms with Gasteiger partial charge in [0.1, 0.15) is 0 Å². The summed E-state index contributed by atoms with van der Waals surface area (Å²) in [4.78, 5) is 15.2. The summed E-state index contributed by atoms with van der Waals surface area (Å²) in [7, 11) is 5.08. The van der Waals surface area contributed by atoms with E-state index in [1.54, 1.807) is 21.3 Å². The van der Waals surface area contributed by atoms with Gasteiger partial charge in [0.25, 0.3) is 0 Å². The highest BCUT2D eigenvalue weighted by Crippen LogP contribution is 2.13. The molecule has 1 unspecified atom stereocenters. The van der Waals surface area contributed by atoms with Crippen molar-refractivity contribution in [2.75, 3.05) is 63.0 Å². The minimum atomic E-state index is -0.0540. The molecule has 0 fully saturated rings. The van der Waals surface area contributed by atoms with Crippen molar-refractivity contribution in [2.24, 2.45) is 0 Å². The number of hydrogen-bond donors (Lipinski definition) is 2. The normalized spacial score (nSPS) is 12.0. The maximum atomic E-state index is 5.30. The Kier molecular flexibility index (Phi) is 7.70. The third-order valence-corrected chi connectivity index (χ3v) is 3.07. The van der Waals surface area contributed by atoms with Gasteiger partial charge < -0.3 is 25.0 Å². The highest BCUT2D eigenvalue weighted by molar-refractivity contribution is 5.43. The number of rotatable bonds is 10. The first kappa shape index (κ1) is 17.4. The van der Waals surface area contributed by atoms with Gasteiger partial charge in [-0.25, -0.2) is 0 Å². The predicted molar refractivity (Wildman–Crippen MR) is 84.1 cm³/mol. The first-order valence-corrected chi connectivity index (χ1v) is 7.12. The lowest BCUT2D eigenvalue weighted by Gasteiger charge is -2.20. The third kappa shape index (κ3) is 5.31. The van der Waals surface area contributed by atoms with E-state index < -0.39 is 0 Å². The Morgan fingerprint density at radius 2 is 1.76 bits per heavy atom. The number of ether oxygens (including phenoxy) is 2. The molecule has 1 heterocycles. The van der Waals surface area contributed by atoms with E-state index in [0.29, 0.717) is 31.0 Å². The van der Waals surface area contributed by atoms with Crippen LogP contribution < -0.4 is 15.5 Å². The van der Waals surface area contributed by atoms with E-state index in [1.165, 1.54) is 0 Å². The van der Waals surface area contributed by atoms with Crippen LogP contribution in [0, 0.1) is 0 Å². The summed E-state index contributed by atoms with van der Waals surface area (Å²) in [6, 6.07) is 0. The molecule has 0 aliphatic carbocycles. The SMILES string of the molecule is CCN(CC)c1nc(NC)nc(NCC(COC)OC)n1. The Morgan fingerprint density at radius 1 is 1.10 bits per heavy atom. The van der Waals surface area contributed by atoms with Crippen LogP contribution >= 0.6 is 0 Å². The van der Waals surface area contributed by atoms with Crippen molar-refractivity contribution >= 4 is 17.8 Å². The highest BCUT2D eigenvalue weighted by atomic mass is 16.5. The van der Waals surface area contributed by atoms with Gasteiger partial charge in [0, 0.05) is 40.9 Å². The molecule has 120 valence electrons. The lowest BCUT2D eigenvalue weighted by Crippen LogP contribution is -2.28. The highest BCUT2D eigenvalue weighted by Gasteiger charge is 2.12. The third-order valence-electron chi connectivity index (χ3n) is 3.07. The zero-order chi connectivity index (χ0) is 15.7. The van der Waals surface area contributed by atoms with Crippen molar-refractivity contribution in [3.63, 3.8) is 0 Å². The monoisotopic (exact) mass is 298 g/mol. The summed E-state index contributed by atoms with van der Waals surface area (Å²) in [5.74, 6) is 1.71. The molecule has 0 radical (unpaired) electrons. The molecule has 0 aliphatic rings. The molecule has 0 aromatic carbocycles. The van der Waals surface area contributed by atoms with Gasteiger partial charge in [-0.1, -0.05) is 0 Å². The summed E-state index contributed by atoms with van der Waals surface area (Å²) in [5.41, 5.74) is 0. The minimum Gasteiger partial charge on any atom is -0.382 e. The number of nitrogens with one attached hydrogen (secondary N) is 2. The van der Waals surface area contributed by atoms with Crippen molar-refractivity contribution in [3.8, 4) is 0 Å². The number of aromatic nitrogens is 3.